The second-order valence-electron chi connectivity index (χ2n) is 5.10. The van der Waals surface area contributed by atoms with Gasteiger partial charge in [-0.25, -0.2) is 0 Å². The molecule has 0 bridgehead atoms. The number of rotatable bonds is 4. The molecule has 2 aromatic carbocycles. The summed E-state index contributed by atoms with van der Waals surface area (Å²) in [5.74, 6) is 0.317. The van der Waals surface area contributed by atoms with Crippen LogP contribution in [0.25, 0.3) is 0 Å². The van der Waals surface area contributed by atoms with Crippen LogP contribution in [-0.4, -0.2) is 19.0 Å². The number of benzene rings is 2. The number of amides is 1. The van der Waals surface area contributed by atoms with Crippen molar-refractivity contribution < 1.29 is 4.79 Å². The summed E-state index contributed by atoms with van der Waals surface area (Å²) in [6.07, 6.45) is 0. The third-order valence-corrected chi connectivity index (χ3v) is 3.65. The van der Waals surface area contributed by atoms with Crippen molar-refractivity contribution in [1.29, 1.82) is 0 Å². The number of para-hydroxylation sites is 1. The number of hydrogen-bond donors (Lipinski definition) is 1. The van der Waals surface area contributed by atoms with Crippen molar-refractivity contribution in [2.24, 2.45) is 5.92 Å². The highest BCUT2D eigenvalue weighted by Gasteiger charge is 2.29. The molecule has 3 rings (SSSR count). The van der Waals surface area contributed by atoms with Gasteiger partial charge in [0.05, 0.1) is 12.5 Å². The molecule has 20 heavy (non-hydrogen) atoms. The maximum atomic E-state index is 12.6. The van der Waals surface area contributed by atoms with Crippen LogP contribution in [-0.2, 0) is 11.3 Å². The van der Waals surface area contributed by atoms with E-state index in [0.29, 0.717) is 6.54 Å². The average Bonchev–Trinajstić information content (AvgIpc) is 2.45. The fourth-order valence-electron chi connectivity index (χ4n) is 2.35. The quantitative estimate of drug-likeness (QED) is 0.922. The van der Waals surface area contributed by atoms with Crippen LogP contribution in [0.2, 0.25) is 0 Å². The van der Waals surface area contributed by atoms with Crippen molar-refractivity contribution in [3.63, 3.8) is 0 Å². The van der Waals surface area contributed by atoms with Crippen molar-refractivity contribution in [1.82, 2.24) is 5.32 Å². The highest BCUT2D eigenvalue weighted by molar-refractivity contribution is 5.95. The zero-order valence-corrected chi connectivity index (χ0v) is 11.3. The van der Waals surface area contributed by atoms with E-state index in [9.17, 15) is 4.79 Å². The lowest BCUT2D eigenvalue weighted by Gasteiger charge is -2.32. The van der Waals surface area contributed by atoms with Crippen LogP contribution < -0.4 is 10.2 Å². The lowest BCUT2D eigenvalue weighted by Crippen LogP contribution is -2.52. The summed E-state index contributed by atoms with van der Waals surface area (Å²) < 4.78 is 0. The Morgan fingerprint density at radius 3 is 2.15 bits per heavy atom. The third kappa shape index (κ3) is 2.73. The summed E-state index contributed by atoms with van der Waals surface area (Å²) in [5.41, 5.74) is 2.12. The van der Waals surface area contributed by atoms with E-state index in [1.165, 1.54) is 0 Å². The maximum absolute atomic E-state index is 12.6. The molecule has 1 heterocycles. The number of carbonyl (C=O) groups is 1. The molecular formula is C17H18N2O. The summed E-state index contributed by atoms with van der Waals surface area (Å²) in [4.78, 5) is 14.5. The molecule has 0 spiro atoms. The van der Waals surface area contributed by atoms with Gasteiger partial charge in [-0.2, -0.15) is 0 Å². The molecule has 1 aliphatic heterocycles. The normalized spacial score (nSPS) is 14.6. The Bertz CT molecular complexity index is 564. The predicted molar refractivity (Wildman–Crippen MR) is 80.4 cm³/mol. The Labute approximate surface area is 119 Å². The first kappa shape index (κ1) is 12.9. The molecule has 3 nitrogen and oxygen atoms in total. The minimum absolute atomic E-state index is 0.110. The molecule has 1 aliphatic rings. The largest absolute Gasteiger partial charge is 0.315 e. The van der Waals surface area contributed by atoms with E-state index in [1.54, 1.807) is 0 Å². The van der Waals surface area contributed by atoms with Crippen molar-refractivity contribution in [2.45, 2.75) is 6.54 Å². The monoisotopic (exact) mass is 266 g/mol. The predicted octanol–water partition coefficient (Wildman–Crippen LogP) is 2.44. The van der Waals surface area contributed by atoms with Crippen LogP contribution >= 0.6 is 0 Å². The highest BCUT2D eigenvalue weighted by atomic mass is 16.2. The fourth-order valence-corrected chi connectivity index (χ4v) is 2.35. The lowest BCUT2D eigenvalue weighted by molar-refractivity contribution is -0.123. The molecule has 0 saturated carbocycles. The highest BCUT2D eigenvalue weighted by Crippen LogP contribution is 2.20. The molecule has 0 unspecified atom stereocenters. The van der Waals surface area contributed by atoms with Gasteiger partial charge in [0, 0.05) is 18.8 Å². The average molecular weight is 266 g/mol. The van der Waals surface area contributed by atoms with Gasteiger partial charge in [0.15, 0.2) is 0 Å². The van der Waals surface area contributed by atoms with Gasteiger partial charge in [0.1, 0.15) is 0 Å². The van der Waals surface area contributed by atoms with Crippen LogP contribution in [0.3, 0.4) is 0 Å². The molecular weight excluding hydrogens is 248 g/mol. The van der Waals surface area contributed by atoms with E-state index in [0.717, 1.165) is 24.3 Å². The third-order valence-electron chi connectivity index (χ3n) is 3.65. The smallest absolute Gasteiger partial charge is 0.232 e. The number of nitrogens with zero attached hydrogens (tertiary/aromatic N) is 1. The maximum Gasteiger partial charge on any atom is 0.232 e. The topological polar surface area (TPSA) is 32.3 Å². The molecule has 1 amide bonds. The first-order valence-electron chi connectivity index (χ1n) is 6.95. The molecule has 0 atom stereocenters. The molecule has 0 aliphatic carbocycles. The Balaban J connectivity index is 1.85. The summed E-state index contributed by atoms with van der Waals surface area (Å²) in [5, 5.41) is 3.16. The van der Waals surface area contributed by atoms with E-state index in [2.05, 4.69) is 17.4 Å². The van der Waals surface area contributed by atoms with Gasteiger partial charge >= 0.3 is 0 Å². The van der Waals surface area contributed by atoms with Crippen molar-refractivity contribution >= 4 is 11.6 Å². The van der Waals surface area contributed by atoms with Gasteiger partial charge in [0.25, 0.3) is 0 Å². The van der Waals surface area contributed by atoms with Gasteiger partial charge in [-0.1, -0.05) is 48.5 Å². The van der Waals surface area contributed by atoms with E-state index >= 15 is 0 Å². The number of nitrogens with one attached hydrogen (secondary N) is 1. The van der Waals surface area contributed by atoms with Gasteiger partial charge in [-0.3, -0.25) is 4.79 Å². The summed E-state index contributed by atoms with van der Waals surface area (Å²) in [7, 11) is 0. The van der Waals surface area contributed by atoms with Crippen molar-refractivity contribution in [3.05, 3.63) is 66.2 Å². The van der Waals surface area contributed by atoms with E-state index < -0.39 is 0 Å². The standard InChI is InChI=1S/C17H18N2O/c20-17(15-11-18-12-15)19(16-9-5-2-6-10-16)13-14-7-3-1-4-8-14/h1-10,15,18H,11-13H2. The zero-order chi connectivity index (χ0) is 13.8. The Morgan fingerprint density at radius 1 is 1.00 bits per heavy atom. The molecule has 1 saturated heterocycles. The van der Waals surface area contributed by atoms with Crippen LogP contribution in [0.15, 0.2) is 60.7 Å². The Hall–Kier alpha value is -2.13. The molecule has 0 aromatic heterocycles. The van der Waals surface area contributed by atoms with Gasteiger partial charge in [-0.05, 0) is 17.7 Å². The first-order valence-corrected chi connectivity index (χ1v) is 6.95. The van der Waals surface area contributed by atoms with E-state index in [4.69, 9.17) is 0 Å². The summed E-state index contributed by atoms with van der Waals surface area (Å²) in [6.45, 7) is 2.20. The van der Waals surface area contributed by atoms with Crippen LogP contribution in [0.5, 0.6) is 0 Å². The zero-order valence-electron chi connectivity index (χ0n) is 11.3. The van der Waals surface area contributed by atoms with E-state index in [-0.39, 0.29) is 11.8 Å². The van der Waals surface area contributed by atoms with Gasteiger partial charge in [0.2, 0.25) is 5.91 Å². The Kier molecular flexibility index (Phi) is 3.79. The second kappa shape index (κ2) is 5.88. The molecule has 1 fully saturated rings. The number of carbonyl (C=O) groups excluding carboxylic acids is 1. The van der Waals surface area contributed by atoms with Crippen LogP contribution in [0.4, 0.5) is 5.69 Å². The molecule has 1 N–H and O–H groups in total. The summed E-state index contributed by atoms with van der Waals surface area (Å²) >= 11 is 0. The first-order chi connectivity index (χ1) is 9.84. The minimum Gasteiger partial charge on any atom is -0.315 e. The van der Waals surface area contributed by atoms with Crippen LogP contribution in [0, 0.1) is 5.92 Å². The second-order valence-corrected chi connectivity index (χ2v) is 5.10. The fraction of sp³-hybridized carbons (Fsp3) is 0.235. The van der Waals surface area contributed by atoms with Crippen molar-refractivity contribution in [2.75, 3.05) is 18.0 Å². The Morgan fingerprint density at radius 2 is 1.60 bits per heavy atom. The minimum atomic E-state index is 0.110. The molecule has 2 aromatic rings. The van der Waals surface area contributed by atoms with E-state index in [1.807, 2.05) is 53.4 Å². The molecule has 3 heteroatoms. The van der Waals surface area contributed by atoms with Crippen LogP contribution in [0.1, 0.15) is 5.56 Å². The molecule has 0 radical (unpaired) electrons. The number of hydrogen-bond acceptors (Lipinski definition) is 2. The molecule has 102 valence electrons. The summed E-state index contributed by atoms with van der Waals surface area (Å²) in [6, 6.07) is 20.0. The van der Waals surface area contributed by atoms with Gasteiger partial charge in [-0.15, -0.1) is 0 Å². The van der Waals surface area contributed by atoms with Crippen molar-refractivity contribution in [3.8, 4) is 0 Å². The SMILES string of the molecule is O=C(C1CNC1)N(Cc1ccccc1)c1ccccc1. The lowest BCUT2D eigenvalue weighted by atomic mass is 10.0. The van der Waals surface area contributed by atoms with Gasteiger partial charge < -0.3 is 10.2 Å². The number of anilines is 1.